The number of carbonyl (C=O) groups excluding carboxylic acids is 2. The minimum atomic E-state index is -0.312. The Bertz CT molecular complexity index is 1730. The Balaban J connectivity index is 1.34. The highest BCUT2D eigenvalue weighted by atomic mass is 16.5. The number of carbonyl (C=O) groups is 2. The van der Waals surface area contributed by atoms with Gasteiger partial charge < -0.3 is 9.47 Å². The van der Waals surface area contributed by atoms with Gasteiger partial charge in [0.05, 0.1) is 0 Å². The molecule has 9 rings (SSSR count). The first kappa shape index (κ1) is 22.4. The lowest BCUT2D eigenvalue weighted by Crippen LogP contribution is -2.18. The van der Waals surface area contributed by atoms with Gasteiger partial charge in [-0.1, -0.05) is 72.8 Å². The quantitative estimate of drug-likeness (QED) is 0.175. The Kier molecular flexibility index (Phi) is 4.25. The van der Waals surface area contributed by atoms with E-state index in [2.05, 4.69) is 72.8 Å². The first-order valence-electron chi connectivity index (χ1n) is 14.1. The highest BCUT2D eigenvalue weighted by Crippen LogP contribution is 2.69. The smallest absolute Gasteiger partial charge is 0.308 e. The molecule has 40 heavy (non-hydrogen) atoms. The Morgan fingerprint density at radius 2 is 0.800 bits per heavy atom. The van der Waals surface area contributed by atoms with Crippen LogP contribution in [0.2, 0.25) is 0 Å². The van der Waals surface area contributed by atoms with Crippen molar-refractivity contribution >= 4 is 33.5 Å². The molecule has 0 aromatic heterocycles. The van der Waals surface area contributed by atoms with Crippen molar-refractivity contribution in [2.75, 3.05) is 0 Å². The van der Waals surface area contributed by atoms with E-state index in [1.165, 1.54) is 57.6 Å². The summed E-state index contributed by atoms with van der Waals surface area (Å²) < 4.78 is 12.4. The van der Waals surface area contributed by atoms with Crippen LogP contribution in [0.25, 0.3) is 21.5 Å². The minimum absolute atomic E-state index is 0.101. The van der Waals surface area contributed by atoms with Gasteiger partial charge in [0.15, 0.2) is 0 Å². The SMILES string of the molecule is CC(=O)Oc1c2c(c(OC(C)=O)c3c1C1CC3c3cc4ccccc4cc31)C1CC2c2cc3ccccc3cc21. The zero-order valence-electron chi connectivity index (χ0n) is 22.3. The average molecular weight is 523 g/mol. The van der Waals surface area contributed by atoms with Gasteiger partial charge in [0.1, 0.15) is 11.5 Å². The largest absolute Gasteiger partial charge is 0.426 e. The molecule has 0 heterocycles. The lowest BCUT2D eigenvalue weighted by molar-refractivity contribution is -0.133. The number of ether oxygens (including phenoxy) is 2. The summed E-state index contributed by atoms with van der Waals surface area (Å²) in [5.74, 6) is 1.21. The third-order valence-electron chi connectivity index (χ3n) is 9.79. The van der Waals surface area contributed by atoms with Crippen LogP contribution in [0.5, 0.6) is 11.5 Å². The Morgan fingerprint density at radius 1 is 0.525 bits per heavy atom. The van der Waals surface area contributed by atoms with E-state index in [1.807, 2.05) is 0 Å². The molecule has 0 saturated heterocycles. The summed E-state index contributed by atoms with van der Waals surface area (Å²) in [4.78, 5) is 25.2. The van der Waals surface area contributed by atoms with Gasteiger partial charge in [-0.2, -0.15) is 0 Å². The topological polar surface area (TPSA) is 52.6 Å². The molecule has 194 valence electrons. The number of rotatable bonds is 2. The Hall–Kier alpha value is -4.44. The zero-order chi connectivity index (χ0) is 26.9. The molecule has 0 aliphatic heterocycles. The standard InChI is InChI=1S/C36H26O4/c1-17(37)39-35-31-27-15-29(25-13-21-9-5-3-7-19(21)11-23(25)27)33(31)36(40-18(2)38)34-30-16-28(32(34)35)24-12-20-8-4-6-10-22(20)14-26(24)30/h3-14,27-30H,15-16H2,1-2H3. The molecule has 4 unspecified atom stereocenters. The van der Waals surface area contributed by atoms with Gasteiger partial charge in [0.25, 0.3) is 0 Å². The maximum absolute atomic E-state index is 12.6. The molecule has 4 bridgehead atoms. The zero-order valence-corrected chi connectivity index (χ0v) is 22.3. The first-order valence-corrected chi connectivity index (χ1v) is 14.1. The number of hydrogen-bond acceptors (Lipinski definition) is 4. The Morgan fingerprint density at radius 3 is 1.05 bits per heavy atom. The van der Waals surface area contributed by atoms with E-state index < -0.39 is 0 Å². The van der Waals surface area contributed by atoms with Gasteiger partial charge in [0, 0.05) is 59.8 Å². The van der Waals surface area contributed by atoms with Gasteiger partial charge in [-0.25, -0.2) is 0 Å². The van der Waals surface area contributed by atoms with Crippen molar-refractivity contribution in [1.82, 2.24) is 0 Å². The normalized spacial score (nSPS) is 22.2. The van der Waals surface area contributed by atoms with Gasteiger partial charge in [-0.15, -0.1) is 0 Å². The van der Waals surface area contributed by atoms with E-state index in [0.29, 0.717) is 11.5 Å². The van der Waals surface area contributed by atoms with Gasteiger partial charge >= 0.3 is 11.9 Å². The van der Waals surface area contributed by atoms with Crippen LogP contribution >= 0.6 is 0 Å². The van der Waals surface area contributed by atoms with Crippen molar-refractivity contribution in [2.45, 2.75) is 50.4 Å². The third-order valence-corrected chi connectivity index (χ3v) is 9.79. The molecule has 0 spiro atoms. The van der Waals surface area contributed by atoms with E-state index in [-0.39, 0.29) is 35.6 Å². The second-order valence-electron chi connectivity index (χ2n) is 11.8. The maximum atomic E-state index is 12.6. The summed E-state index contributed by atoms with van der Waals surface area (Å²) in [6, 6.07) is 26.1. The monoisotopic (exact) mass is 522 g/mol. The summed E-state index contributed by atoms with van der Waals surface area (Å²) in [6.45, 7) is 2.98. The van der Waals surface area contributed by atoms with Crippen molar-refractivity contribution in [2.24, 2.45) is 0 Å². The molecule has 4 atom stereocenters. The Labute approximate surface area is 231 Å². The summed E-state index contributed by atoms with van der Waals surface area (Å²) >= 11 is 0. The molecule has 0 fully saturated rings. The predicted octanol–water partition coefficient (Wildman–Crippen LogP) is 7.81. The highest BCUT2D eigenvalue weighted by molar-refractivity contribution is 5.90. The predicted molar refractivity (Wildman–Crippen MR) is 154 cm³/mol. The van der Waals surface area contributed by atoms with Crippen LogP contribution in [0.1, 0.15) is 94.9 Å². The second-order valence-corrected chi connectivity index (χ2v) is 11.8. The van der Waals surface area contributed by atoms with Crippen molar-refractivity contribution < 1.29 is 19.1 Å². The second kappa shape index (κ2) is 7.60. The summed E-state index contributed by atoms with van der Waals surface area (Å²) in [5.41, 5.74) is 9.39. The summed E-state index contributed by atoms with van der Waals surface area (Å²) in [6.07, 6.45) is 1.80. The van der Waals surface area contributed by atoms with Crippen LogP contribution in [0.15, 0.2) is 72.8 Å². The molecule has 0 radical (unpaired) electrons. The third kappa shape index (κ3) is 2.76. The fourth-order valence-corrected chi connectivity index (χ4v) is 8.50. The molecule has 4 heteroatoms. The van der Waals surface area contributed by atoms with Crippen LogP contribution < -0.4 is 9.47 Å². The summed E-state index contributed by atoms with van der Waals surface area (Å²) in [5, 5.41) is 4.85. The van der Waals surface area contributed by atoms with Crippen LogP contribution in [0, 0.1) is 0 Å². The van der Waals surface area contributed by atoms with E-state index >= 15 is 0 Å². The molecule has 5 aromatic rings. The van der Waals surface area contributed by atoms with Crippen LogP contribution in [-0.2, 0) is 9.59 Å². The molecule has 4 aliphatic carbocycles. The van der Waals surface area contributed by atoms with Crippen LogP contribution in [-0.4, -0.2) is 11.9 Å². The number of benzene rings is 5. The molecular formula is C36H26O4. The van der Waals surface area contributed by atoms with Crippen molar-refractivity contribution in [1.29, 1.82) is 0 Å². The molecule has 0 amide bonds. The van der Waals surface area contributed by atoms with Crippen LogP contribution in [0.4, 0.5) is 0 Å². The number of fused-ring (bicyclic) bond motifs is 18. The van der Waals surface area contributed by atoms with Gasteiger partial charge in [0.2, 0.25) is 0 Å². The van der Waals surface area contributed by atoms with Gasteiger partial charge in [-0.3, -0.25) is 9.59 Å². The lowest BCUT2D eigenvalue weighted by atomic mass is 9.76. The fourth-order valence-electron chi connectivity index (χ4n) is 8.50. The van der Waals surface area contributed by atoms with Crippen molar-refractivity contribution in [3.63, 3.8) is 0 Å². The van der Waals surface area contributed by atoms with E-state index in [0.717, 1.165) is 35.1 Å². The molecule has 4 nitrogen and oxygen atoms in total. The van der Waals surface area contributed by atoms with E-state index in [1.54, 1.807) is 0 Å². The number of esters is 2. The molecule has 4 aliphatic rings. The highest BCUT2D eigenvalue weighted by Gasteiger charge is 2.53. The maximum Gasteiger partial charge on any atom is 0.308 e. The molecule has 5 aromatic carbocycles. The number of hydrogen-bond donors (Lipinski definition) is 0. The molecular weight excluding hydrogens is 496 g/mol. The van der Waals surface area contributed by atoms with Crippen molar-refractivity contribution in [3.05, 3.63) is 117 Å². The van der Waals surface area contributed by atoms with Crippen LogP contribution in [0.3, 0.4) is 0 Å². The first-order chi connectivity index (χ1) is 19.5. The van der Waals surface area contributed by atoms with E-state index in [4.69, 9.17) is 9.47 Å². The summed E-state index contributed by atoms with van der Waals surface area (Å²) in [7, 11) is 0. The molecule has 0 N–H and O–H groups in total. The lowest BCUT2D eigenvalue weighted by Gasteiger charge is -2.31. The van der Waals surface area contributed by atoms with E-state index in [9.17, 15) is 9.59 Å². The average Bonchev–Trinajstić information content (AvgIpc) is 3.70. The van der Waals surface area contributed by atoms with Gasteiger partial charge in [-0.05, 0) is 56.6 Å². The fraction of sp³-hybridized carbons (Fsp3) is 0.222. The molecule has 0 saturated carbocycles. The van der Waals surface area contributed by atoms with Crippen molar-refractivity contribution in [3.8, 4) is 11.5 Å². The minimum Gasteiger partial charge on any atom is -0.426 e.